The molecule has 1 aromatic rings. The Labute approximate surface area is 130 Å². The van der Waals surface area contributed by atoms with Gasteiger partial charge in [-0.15, -0.1) is 0 Å². The summed E-state index contributed by atoms with van der Waals surface area (Å²) in [6.45, 7) is 0. The van der Waals surface area contributed by atoms with Gasteiger partial charge >= 0.3 is 0 Å². The lowest BCUT2D eigenvalue weighted by Gasteiger charge is -2.24. The van der Waals surface area contributed by atoms with E-state index < -0.39 is 0 Å². The van der Waals surface area contributed by atoms with Crippen LogP contribution in [-0.4, -0.2) is 24.0 Å². The molecule has 2 N–H and O–H groups in total. The van der Waals surface area contributed by atoms with Crippen LogP contribution in [0.2, 0.25) is 0 Å². The quantitative estimate of drug-likeness (QED) is 0.901. The van der Waals surface area contributed by atoms with Crippen LogP contribution < -0.4 is 10.6 Å². The van der Waals surface area contributed by atoms with Crippen molar-refractivity contribution in [1.82, 2.24) is 10.6 Å². The van der Waals surface area contributed by atoms with E-state index in [2.05, 4.69) is 10.6 Å². The molecule has 1 aromatic carbocycles. The monoisotopic (exact) mass is 302 g/mol. The molecule has 0 aromatic heterocycles. The normalized spacial score (nSPS) is 36.7. The molecule has 0 bridgehead atoms. The van der Waals surface area contributed by atoms with Gasteiger partial charge in [-0.25, -0.2) is 4.39 Å². The van der Waals surface area contributed by atoms with E-state index in [0.29, 0.717) is 12.0 Å². The van der Waals surface area contributed by atoms with Crippen molar-refractivity contribution in [2.45, 2.75) is 62.6 Å². The van der Waals surface area contributed by atoms with Gasteiger partial charge in [0, 0.05) is 18.0 Å². The van der Waals surface area contributed by atoms with Crippen LogP contribution in [0.15, 0.2) is 24.3 Å². The Morgan fingerprint density at radius 2 is 2.09 bits per heavy atom. The van der Waals surface area contributed by atoms with E-state index in [1.54, 1.807) is 12.1 Å². The Balaban J connectivity index is 1.32. The Hall–Kier alpha value is -1.42. The van der Waals surface area contributed by atoms with E-state index in [-0.39, 0.29) is 29.7 Å². The molecular weight excluding hydrogens is 279 g/mol. The fourth-order valence-electron chi connectivity index (χ4n) is 4.26. The maximum absolute atomic E-state index is 13.3. The molecule has 5 atom stereocenters. The maximum atomic E-state index is 13.3. The average Bonchev–Trinajstić information content (AvgIpc) is 3.14. The van der Waals surface area contributed by atoms with E-state index in [1.807, 2.05) is 6.07 Å². The Kier molecular flexibility index (Phi) is 3.65. The molecule has 3 nitrogen and oxygen atoms in total. The first kappa shape index (κ1) is 14.2. The van der Waals surface area contributed by atoms with Crippen LogP contribution in [0.1, 0.15) is 50.0 Å². The lowest BCUT2D eigenvalue weighted by atomic mass is 9.85. The summed E-state index contributed by atoms with van der Waals surface area (Å²) in [5.74, 6) is 0.903. The van der Waals surface area contributed by atoms with Gasteiger partial charge in [0.2, 0.25) is 5.91 Å². The van der Waals surface area contributed by atoms with Crippen LogP contribution in [0, 0.1) is 11.7 Å². The molecule has 22 heavy (non-hydrogen) atoms. The van der Waals surface area contributed by atoms with Crippen LogP contribution in [0.5, 0.6) is 0 Å². The van der Waals surface area contributed by atoms with Crippen molar-refractivity contribution in [2.75, 3.05) is 0 Å². The molecule has 1 heterocycles. The maximum Gasteiger partial charge on any atom is 0.237 e. The highest BCUT2D eigenvalue weighted by Crippen LogP contribution is 2.41. The molecule has 5 unspecified atom stereocenters. The second kappa shape index (κ2) is 5.65. The molecule has 0 spiro atoms. The number of amides is 1. The first-order valence-corrected chi connectivity index (χ1v) is 8.52. The van der Waals surface area contributed by atoms with Crippen LogP contribution in [-0.2, 0) is 4.79 Å². The van der Waals surface area contributed by atoms with Crippen molar-refractivity contribution in [3.05, 3.63) is 35.6 Å². The second-order valence-electron chi connectivity index (χ2n) is 7.12. The fourth-order valence-corrected chi connectivity index (χ4v) is 4.26. The summed E-state index contributed by atoms with van der Waals surface area (Å²) < 4.78 is 13.3. The van der Waals surface area contributed by atoms with Crippen LogP contribution in [0.3, 0.4) is 0 Å². The average molecular weight is 302 g/mol. The first-order valence-electron chi connectivity index (χ1n) is 8.52. The van der Waals surface area contributed by atoms with Gasteiger partial charge in [0.15, 0.2) is 0 Å². The molecule has 0 radical (unpaired) electrons. The number of hydrogen-bond acceptors (Lipinski definition) is 2. The molecule has 4 heteroatoms. The van der Waals surface area contributed by atoms with Gasteiger partial charge in [-0.05, 0) is 49.3 Å². The van der Waals surface area contributed by atoms with Gasteiger partial charge in [0.25, 0.3) is 0 Å². The number of carbonyl (C=O) groups excluding carboxylic acids is 1. The number of hydrogen-bond donors (Lipinski definition) is 2. The number of carbonyl (C=O) groups is 1. The van der Waals surface area contributed by atoms with E-state index >= 15 is 0 Å². The first-order chi connectivity index (χ1) is 10.7. The minimum Gasteiger partial charge on any atom is -0.351 e. The number of benzene rings is 1. The Bertz CT molecular complexity index is 562. The van der Waals surface area contributed by atoms with Crippen molar-refractivity contribution < 1.29 is 9.18 Å². The van der Waals surface area contributed by atoms with Crippen molar-refractivity contribution >= 4 is 5.91 Å². The standard InChI is InChI=1S/C18H23FN2O/c19-13-6-3-5-11(8-13)14-10-16(14)21-18(22)17-9-12-4-1-2-7-15(12)20-17/h3,5-6,8,12,14-17,20H,1-2,4,7,9-10H2,(H,21,22). The lowest BCUT2D eigenvalue weighted by molar-refractivity contribution is -0.123. The zero-order valence-electron chi connectivity index (χ0n) is 12.7. The smallest absolute Gasteiger partial charge is 0.237 e. The number of rotatable bonds is 3. The van der Waals surface area contributed by atoms with Gasteiger partial charge in [-0.2, -0.15) is 0 Å². The van der Waals surface area contributed by atoms with E-state index in [0.717, 1.165) is 18.4 Å². The van der Waals surface area contributed by atoms with Crippen molar-refractivity contribution in [3.8, 4) is 0 Å². The zero-order valence-corrected chi connectivity index (χ0v) is 12.7. The molecule has 3 fully saturated rings. The van der Waals surface area contributed by atoms with Crippen molar-refractivity contribution in [3.63, 3.8) is 0 Å². The summed E-state index contributed by atoms with van der Waals surface area (Å²) in [5, 5.41) is 6.67. The third-order valence-corrected chi connectivity index (χ3v) is 5.57. The highest BCUT2D eigenvalue weighted by molar-refractivity contribution is 5.83. The third kappa shape index (κ3) is 2.76. The van der Waals surface area contributed by atoms with Gasteiger partial charge in [-0.3, -0.25) is 4.79 Å². The van der Waals surface area contributed by atoms with E-state index in [9.17, 15) is 9.18 Å². The summed E-state index contributed by atoms with van der Waals surface area (Å²) in [6.07, 6.45) is 6.97. The highest BCUT2D eigenvalue weighted by Gasteiger charge is 2.43. The topological polar surface area (TPSA) is 41.1 Å². The van der Waals surface area contributed by atoms with Crippen molar-refractivity contribution in [2.24, 2.45) is 5.92 Å². The van der Waals surface area contributed by atoms with Gasteiger partial charge in [0.1, 0.15) is 5.82 Å². The largest absolute Gasteiger partial charge is 0.351 e. The van der Waals surface area contributed by atoms with Crippen molar-refractivity contribution in [1.29, 1.82) is 0 Å². The lowest BCUT2D eigenvalue weighted by Crippen LogP contribution is -2.44. The highest BCUT2D eigenvalue weighted by atomic mass is 19.1. The number of halogens is 1. The molecule has 1 aliphatic heterocycles. The molecular formula is C18H23FN2O. The van der Waals surface area contributed by atoms with Crippen LogP contribution >= 0.6 is 0 Å². The minimum atomic E-state index is -0.198. The molecule has 2 aliphatic carbocycles. The molecule has 2 saturated carbocycles. The molecule has 118 valence electrons. The van der Waals surface area contributed by atoms with Gasteiger partial charge in [0.05, 0.1) is 6.04 Å². The summed E-state index contributed by atoms with van der Waals surface area (Å²) in [5.41, 5.74) is 0.998. The SMILES string of the molecule is O=C(NC1CC1c1cccc(F)c1)C1CC2CCCCC2N1. The van der Waals surface area contributed by atoms with Gasteiger partial charge in [-0.1, -0.05) is 25.0 Å². The second-order valence-corrected chi connectivity index (χ2v) is 7.12. The molecule has 3 aliphatic rings. The summed E-state index contributed by atoms with van der Waals surface area (Å²) in [6, 6.07) is 7.43. The summed E-state index contributed by atoms with van der Waals surface area (Å²) >= 11 is 0. The fraction of sp³-hybridized carbons (Fsp3) is 0.611. The Morgan fingerprint density at radius 3 is 2.91 bits per heavy atom. The Morgan fingerprint density at radius 1 is 1.23 bits per heavy atom. The van der Waals surface area contributed by atoms with Crippen LogP contribution in [0.4, 0.5) is 4.39 Å². The summed E-state index contributed by atoms with van der Waals surface area (Å²) in [7, 11) is 0. The summed E-state index contributed by atoms with van der Waals surface area (Å²) in [4.78, 5) is 12.4. The number of fused-ring (bicyclic) bond motifs is 1. The third-order valence-electron chi connectivity index (χ3n) is 5.57. The number of nitrogens with one attached hydrogen (secondary N) is 2. The van der Waals surface area contributed by atoms with Gasteiger partial charge < -0.3 is 10.6 Å². The minimum absolute atomic E-state index is 0.0261. The predicted molar refractivity (Wildman–Crippen MR) is 83.0 cm³/mol. The van der Waals surface area contributed by atoms with E-state index in [4.69, 9.17) is 0 Å². The van der Waals surface area contributed by atoms with E-state index in [1.165, 1.54) is 31.7 Å². The molecule has 1 amide bonds. The molecule has 4 rings (SSSR count). The predicted octanol–water partition coefficient (Wildman–Crippen LogP) is 2.72. The molecule has 1 saturated heterocycles. The van der Waals surface area contributed by atoms with Crippen LogP contribution in [0.25, 0.3) is 0 Å². The zero-order chi connectivity index (χ0) is 15.1.